The first-order valence-corrected chi connectivity index (χ1v) is 42.4. The Morgan fingerprint density at radius 3 is 1.28 bits per heavy atom. The molecule has 0 radical (unpaired) electrons. The number of fused-ring (bicyclic) bond motifs is 13. The molecule has 1 aliphatic carbocycles. The van der Waals surface area contributed by atoms with E-state index < -0.39 is 5.41 Å². The van der Waals surface area contributed by atoms with Gasteiger partial charge in [-0.3, -0.25) is 0 Å². The van der Waals surface area contributed by atoms with Crippen LogP contribution in [0.2, 0.25) is 0 Å². The van der Waals surface area contributed by atoms with Crippen LogP contribution in [0.25, 0.3) is 127 Å². The molecule has 0 N–H and O–H groups in total. The molecule has 17 aromatic carbocycles. The van der Waals surface area contributed by atoms with Gasteiger partial charge in [0.2, 0.25) is 0 Å². The van der Waals surface area contributed by atoms with Gasteiger partial charge in [0.15, 0.2) is 0 Å². The fraction of sp³-hybridized carbons (Fsp3) is 0.113. The first-order chi connectivity index (χ1) is 58.4. The van der Waals surface area contributed by atoms with E-state index >= 15 is 0 Å². The standard InChI is InChI=1S/C115H90BN3O/c1-112(2,3)80-58-55-73(56-59-80)79-64-104-109-105(65-79)119(111-92(76-39-20-12-21-40-76)68-84(114(7,8)9)69-93(111)77-41-22-13-23-42-77)103-70-85(117-100-53-32-29-47-87(100)94-71-95-88-48-30-33-54-106(88)120-107(95)72-102(94)117)60-61-98(103)116(109)99-63-78(86-50-34-52-97-108(86)89-49-28-31-51-96(89)115(97,81-43-24-14-25-44-81)82-45-26-15-27-46-82)57-62-101(99)118(104)110-90(74-35-16-10-17-36-74)66-83(113(4,5)6)67-91(110)75-37-18-11-19-38-75/h10-72H,1-9H3. The van der Waals surface area contributed by atoms with Gasteiger partial charge in [0, 0.05) is 78.3 Å². The predicted octanol–water partition coefficient (Wildman–Crippen LogP) is 29.0. The Balaban J connectivity index is 0.920. The molecule has 0 saturated heterocycles. The van der Waals surface area contributed by atoms with Gasteiger partial charge in [0.25, 0.3) is 6.71 Å². The fourth-order valence-corrected chi connectivity index (χ4v) is 20.3. The molecule has 22 rings (SSSR count). The van der Waals surface area contributed by atoms with E-state index in [9.17, 15) is 0 Å². The van der Waals surface area contributed by atoms with E-state index in [2.05, 4.69) is 459 Å². The van der Waals surface area contributed by atoms with Crippen molar-refractivity contribution in [1.29, 1.82) is 0 Å². The third kappa shape index (κ3) is 11.4. The minimum Gasteiger partial charge on any atom is -0.456 e. The van der Waals surface area contributed by atoms with E-state index in [1.807, 2.05) is 0 Å². The van der Waals surface area contributed by atoms with Crippen molar-refractivity contribution in [3.05, 3.63) is 421 Å². The maximum absolute atomic E-state index is 6.88. The second-order valence-electron chi connectivity index (χ2n) is 36.3. The number of nitrogens with zero attached hydrogens (tertiary/aromatic N) is 3. The Bertz CT molecular complexity index is 7150. The van der Waals surface area contributed by atoms with Crippen molar-refractivity contribution in [1.82, 2.24) is 4.57 Å². The van der Waals surface area contributed by atoms with Crippen molar-refractivity contribution in [3.8, 4) is 83.6 Å². The minimum atomic E-state index is -0.616. The van der Waals surface area contributed by atoms with Gasteiger partial charge >= 0.3 is 0 Å². The van der Waals surface area contributed by atoms with Crippen molar-refractivity contribution in [3.63, 3.8) is 0 Å². The van der Waals surface area contributed by atoms with Crippen molar-refractivity contribution in [2.45, 2.75) is 84.0 Å². The lowest BCUT2D eigenvalue weighted by Crippen LogP contribution is -2.61. The number of para-hydroxylation sites is 2. The summed E-state index contributed by atoms with van der Waals surface area (Å²) in [4.78, 5) is 5.47. The normalized spacial score (nSPS) is 13.4. The summed E-state index contributed by atoms with van der Waals surface area (Å²) in [5, 5.41) is 4.56. The van der Waals surface area contributed by atoms with Gasteiger partial charge in [-0.15, -0.1) is 0 Å². The molecule has 0 bridgehead atoms. The van der Waals surface area contributed by atoms with Crippen LogP contribution in [0.3, 0.4) is 0 Å². The molecule has 4 heterocycles. The second kappa shape index (κ2) is 27.6. The molecule has 0 unspecified atom stereocenters. The summed E-state index contributed by atoms with van der Waals surface area (Å²) in [6.45, 7) is 20.8. The van der Waals surface area contributed by atoms with E-state index in [-0.39, 0.29) is 23.0 Å². The third-order valence-corrected chi connectivity index (χ3v) is 26.1. The molecule has 4 nitrogen and oxygen atoms in total. The number of rotatable bonds is 11. The average molecular weight is 1540 g/mol. The lowest BCUT2D eigenvalue weighted by atomic mass is 9.33. The van der Waals surface area contributed by atoms with Gasteiger partial charge in [0.05, 0.1) is 27.8 Å². The highest BCUT2D eigenvalue weighted by Gasteiger charge is 2.49. The SMILES string of the molecule is CC(C)(C)c1ccc(-c2cc3c4c(c2)N(c2c(-c5ccccc5)cc(C(C)(C)C)cc2-c2ccccc2)c2cc(-n5c6ccccc6c6cc7c(cc65)oc5ccccc57)ccc2B4c2cc(-c4cccc5c4-c4ccccc4C5(c4ccccc4)c4ccccc4)ccc2N3c2c(-c3ccccc3)cc(C(C)(C)C)cc2-c2ccccc2)cc1. The summed E-state index contributed by atoms with van der Waals surface area (Å²) in [5.74, 6) is 0. The smallest absolute Gasteiger partial charge is 0.252 e. The molecule has 3 aliphatic rings. The summed E-state index contributed by atoms with van der Waals surface area (Å²) in [5.41, 5.74) is 39.0. The summed E-state index contributed by atoms with van der Waals surface area (Å²) in [6.07, 6.45) is 0. The van der Waals surface area contributed by atoms with Crippen LogP contribution in [0.1, 0.15) is 101 Å². The Morgan fingerprint density at radius 2 is 0.733 bits per heavy atom. The van der Waals surface area contributed by atoms with Crippen LogP contribution in [-0.2, 0) is 21.7 Å². The van der Waals surface area contributed by atoms with E-state index in [1.54, 1.807) is 0 Å². The molecule has 120 heavy (non-hydrogen) atoms. The summed E-state index contributed by atoms with van der Waals surface area (Å²) >= 11 is 0. The summed E-state index contributed by atoms with van der Waals surface area (Å²) in [7, 11) is 0. The molecule has 2 aliphatic heterocycles. The van der Waals surface area contributed by atoms with Crippen molar-refractivity contribution < 1.29 is 4.42 Å². The Kier molecular flexibility index (Phi) is 16.6. The van der Waals surface area contributed by atoms with Gasteiger partial charge in [-0.1, -0.05) is 366 Å². The largest absolute Gasteiger partial charge is 0.456 e. The van der Waals surface area contributed by atoms with Crippen molar-refractivity contribution >= 4 is 101 Å². The van der Waals surface area contributed by atoms with Crippen LogP contribution < -0.4 is 26.2 Å². The van der Waals surface area contributed by atoms with Gasteiger partial charge < -0.3 is 18.8 Å². The number of benzene rings is 17. The molecule has 0 spiro atoms. The first kappa shape index (κ1) is 72.5. The van der Waals surface area contributed by atoms with Gasteiger partial charge in [-0.05, 0) is 200 Å². The van der Waals surface area contributed by atoms with Crippen LogP contribution in [0.4, 0.5) is 34.1 Å². The first-order valence-electron chi connectivity index (χ1n) is 42.4. The second-order valence-corrected chi connectivity index (χ2v) is 36.3. The van der Waals surface area contributed by atoms with Crippen LogP contribution in [0.5, 0.6) is 0 Å². The predicted molar refractivity (Wildman–Crippen MR) is 508 cm³/mol. The Morgan fingerprint density at radius 1 is 0.267 bits per heavy atom. The Hall–Kier alpha value is -14.0. The van der Waals surface area contributed by atoms with Crippen LogP contribution >= 0.6 is 0 Å². The Labute approximate surface area is 703 Å². The maximum Gasteiger partial charge on any atom is 0.252 e. The molecule has 0 atom stereocenters. The molecular formula is C115H90BN3O. The van der Waals surface area contributed by atoms with E-state index in [4.69, 9.17) is 4.42 Å². The molecular weight excluding hydrogens is 1450 g/mol. The van der Waals surface area contributed by atoms with E-state index in [0.29, 0.717) is 0 Å². The number of aromatic nitrogens is 1. The van der Waals surface area contributed by atoms with Gasteiger partial charge in [0.1, 0.15) is 11.2 Å². The van der Waals surface area contributed by atoms with Crippen molar-refractivity contribution in [2.75, 3.05) is 9.80 Å². The highest BCUT2D eigenvalue weighted by Crippen LogP contribution is 2.61. The molecule has 2 aromatic heterocycles. The summed E-state index contributed by atoms with van der Waals surface area (Å²) < 4.78 is 9.39. The third-order valence-electron chi connectivity index (χ3n) is 26.1. The molecule has 0 saturated carbocycles. The lowest BCUT2D eigenvalue weighted by Gasteiger charge is -2.46. The fourth-order valence-electron chi connectivity index (χ4n) is 20.3. The topological polar surface area (TPSA) is 24.6 Å². The van der Waals surface area contributed by atoms with E-state index in [0.717, 1.165) is 134 Å². The molecule has 0 amide bonds. The van der Waals surface area contributed by atoms with Gasteiger partial charge in [-0.2, -0.15) is 0 Å². The zero-order chi connectivity index (χ0) is 81.1. The zero-order valence-electron chi connectivity index (χ0n) is 69.2. The highest BCUT2D eigenvalue weighted by atomic mass is 16.3. The number of hydrogen-bond donors (Lipinski definition) is 0. The number of hydrogen-bond acceptors (Lipinski definition) is 3. The van der Waals surface area contributed by atoms with Crippen LogP contribution in [0, 0.1) is 0 Å². The highest BCUT2D eigenvalue weighted by molar-refractivity contribution is 7.00. The van der Waals surface area contributed by atoms with Gasteiger partial charge in [-0.25, -0.2) is 0 Å². The molecule has 0 fully saturated rings. The molecule has 574 valence electrons. The number of anilines is 6. The summed E-state index contributed by atoms with van der Waals surface area (Å²) in [6, 6.07) is 146. The quantitative estimate of drug-likeness (QED) is 0.121. The number of furan rings is 1. The maximum atomic E-state index is 6.88. The lowest BCUT2D eigenvalue weighted by molar-refractivity contribution is 0.590. The monoisotopic (exact) mass is 1540 g/mol. The zero-order valence-corrected chi connectivity index (χ0v) is 69.2. The molecule has 5 heteroatoms. The molecule has 19 aromatic rings. The average Bonchev–Trinajstić information content (AvgIpc) is 0.984. The van der Waals surface area contributed by atoms with E-state index in [1.165, 1.54) is 82.8 Å². The van der Waals surface area contributed by atoms with Crippen LogP contribution in [0.15, 0.2) is 387 Å². The van der Waals surface area contributed by atoms with Crippen LogP contribution in [-0.4, -0.2) is 11.3 Å². The van der Waals surface area contributed by atoms with Crippen molar-refractivity contribution in [2.24, 2.45) is 0 Å². The minimum absolute atomic E-state index is 0.0858.